The van der Waals surface area contributed by atoms with Crippen molar-refractivity contribution in [1.29, 1.82) is 0 Å². The summed E-state index contributed by atoms with van der Waals surface area (Å²) in [5, 5.41) is 0. The molecule has 1 aliphatic rings. The van der Waals surface area contributed by atoms with E-state index in [1.807, 2.05) is 35.2 Å². The fraction of sp³-hybridized carbons (Fsp3) is 0.471. The Balaban J connectivity index is 1.78. The molecular formula is C17H22N2O3. The van der Waals surface area contributed by atoms with Gasteiger partial charge in [-0.2, -0.15) is 0 Å². The Labute approximate surface area is 130 Å². The van der Waals surface area contributed by atoms with Crippen LogP contribution in [0.5, 0.6) is 0 Å². The van der Waals surface area contributed by atoms with Crippen LogP contribution in [-0.2, 0) is 20.8 Å². The zero-order valence-corrected chi connectivity index (χ0v) is 13.0. The van der Waals surface area contributed by atoms with Gasteiger partial charge in [-0.15, -0.1) is 0 Å². The Kier molecular flexibility index (Phi) is 5.69. The summed E-state index contributed by atoms with van der Waals surface area (Å²) in [6.45, 7) is 3.73. The third kappa shape index (κ3) is 4.69. The SMILES string of the molecule is CC(=O)CCC(=O)N1CCN(C(=O)Cc2ccccc2)CC1. The molecule has 0 spiro atoms. The van der Waals surface area contributed by atoms with Gasteiger partial charge in [-0.25, -0.2) is 0 Å². The topological polar surface area (TPSA) is 57.7 Å². The number of carbonyl (C=O) groups is 3. The molecule has 0 atom stereocenters. The number of hydrogen-bond acceptors (Lipinski definition) is 3. The highest BCUT2D eigenvalue weighted by Gasteiger charge is 2.23. The number of carbonyl (C=O) groups excluding carboxylic acids is 3. The highest BCUT2D eigenvalue weighted by atomic mass is 16.2. The summed E-state index contributed by atoms with van der Waals surface area (Å²) in [6.07, 6.45) is 0.971. The third-order valence-corrected chi connectivity index (χ3v) is 3.87. The van der Waals surface area contributed by atoms with Crippen LogP contribution in [0.1, 0.15) is 25.3 Å². The minimum Gasteiger partial charge on any atom is -0.339 e. The molecule has 0 unspecified atom stereocenters. The van der Waals surface area contributed by atoms with Crippen molar-refractivity contribution in [2.24, 2.45) is 0 Å². The van der Waals surface area contributed by atoms with Crippen molar-refractivity contribution >= 4 is 17.6 Å². The molecule has 0 aromatic heterocycles. The minimum absolute atomic E-state index is 0.00496. The van der Waals surface area contributed by atoms with E-state index in [-0.39, 0.29) is 24.0 Å². The first-order chi connectivity index (χ1) is 10.6. The maximum Gasteiger partial charge on any atom is 0.227 e. The second-order valence-electron chi connectivity index (χ2n) is 5.63. The van der Waals surface area contributed by atoms with Gasteiger partial charge in [0, 0.05) is 39.0 Å². The molecule has 2 rings (SSSR count). The van der Waals surface area contributed by atoms with Crippen molar-refractivity contribution in [3.8, 4) is 0 Å². The van der Waals surface area contributed by atoms with Gasteiger partial charge in [0.15, 0.2) is 0 Å². The molecule has 1 aromatic rings. The van der Waals surface area contributed by atoms with Gasteiger partial charge in [-0.3, -0.25) is 9.59 Å². The lowest BCUT2D eigenvalue weighted by Gasteiger charge is -2.35. The Morgan fingerprint density at radius 1 is 0.864 bits per heavy atom. The maximum absolute atomic E-state index is 12.2. The number of ketones is 1. The number of Topliss-reactive ketones (excluding diaryl/α,β-unsaturated/α-hetero) is 1. The van der Waals surface area contributed by atoms with Crippen LogP contribution in [0.25, 0.3) is 0 Å². The van der Waals surface area contributed by atoms with Crippen LogP contribution in [0.3, 0.4) is 0 Å². The van der Waals surface area contributed by atoms with E-state index in [9.17, 15) is 14.4 Å². The van der Waals surface area contributed by atoms with Crippen molar-refractivity contribution in [2.75, 3.05) is 26.2 Å². The van der Waals surface area contributed by atoms with Gasteiger partial charge in [0.1, 0.15) is 5.78 Å². The van der Waals surface area contributed by atoms with Crippen LogP contribution in [0.15, 0.2) is 30.3 Å². The number of hydrogen-bond donors (Lipinski definition) is 0. The summed E-state index contributed by atoms with van der Waals surface area (Å²) in [4.78, 5) is 38.7. The van der Waals surface area contributed by atoms with E-state index in [2.05, 4.69) is 0 Å². The number of benzene rings is 1. The second kappa shape index (κ2) is 7.73. The molecule has 0 N–H and O–H groups in total. The largest absolute Gasteiger partial charge is 0.339 e. The van der Waals surface area contributed by atoms with E-state index in [1.165, 1.54) is 6.92 Å². The summed E-state index contributed by atoms with van der Waals surface area (Å²) in [6, 6.07) is 9.67. The lowest BCUT2D eigenvalue weighted by molar-refractivity contribution is -0.139. The molecule has 0 bridgehead atoms. The third-order valence-electron chi connectivity index (χ3n) is 3.87. The summed E-state index contributed by atoms with van der Waals surface area (Å²) < 4.78 is 0. The van der Waals surface area contributed by atoms with Crippen molar-refractivity contribution in [3.05, 3.63) is 35.9 Å². The normalized spacial score (nSPS) is 14.8. The monoisotopic (exact) mass is 302 g/mol. The predicted octanol–water partition coefficient (Wildman–Crippen LogP) is 1.27. The van der Waals surface area contributed by atoms with Gasteiger partial charge in [0.25, 0.3) is 0 Å². The van der Waals surface area contributed by atoms with Crippen molar-refractivity contribution in [1.82, 2.24) is 9.80 Å². The molecule has 0 radical (unpaired) electrons. The lowest BCUT2D eigenvalue weighted by Crippen LogP contribution is -2.51. The van der Waals surface area contributed by atoms with Crippen LogP contribution in [0, 0.1) is 0 Å². The molecule has 5 heteroatoms. The summed E-state index contributed by atoms with van der Waals surface area (Å²) in [5.74, 6) is 0.136. The minimum atomic E-state index is 0.00496. The van der Waals surface area contributed by atoms with E-state index >= 15 is 0 Å². The van der Waals surface area contributed by atoms with Gasteiger partial charge in [-0.05, 0) is 12.5 Å². The quantitative estimate of drug-likeness (QED) is 0.823. The highest BCUT2D eigenvalue weighted by Crippen LogP contribution is 2.08. The molecule has 1 heterocycles. The van der Waals surface area contributed by atoms with E-state index in [1.54, 1.807) is 4.90 Å². The molecule has 22 heavy (non-hydrogen) atoms. The zero-order valence-electron chi connectivity index (χ0n) is 13.0. The first kappa shape index (κ1) is 16.2. The Bertz CT molecular complexity index is 534. The van der Waals surface area contributed by atoms with E-state index in [0.29, 0.717) is 39.0 Å². The molecule has 1 aliphatic heterocycles. The summed E-state index contributed by atoms with van der Waals surface area (Å²) >= 11 is 0. The molecular weight excluding hydrogens is 280 g/mol. The average molecular weight is 302 g/mol. The smallest absolute Gasteiger partial charge is 0.227 e. The van der Waals surface area contributed by atoms with Crippen LogP contribution in [0.2, 0.25) is 0 Å². The number of piperazine rings is 1. The van der Waals surface area contributed by atoms with Crippen molar-refractivity contribution in [3.63, 3.8) is 0 Å². The maximum atomic E-state index is 12.2. The number of amides is 2. The van der Waals surface area contributed by atoms with Gasteiger partial charge in [0.05, 0.1) is 6.42 Å². The summed E-state index contributed by atoms with van der Waals surface area (Å²) in [5.41, 5.74) is 1.01. The molecule has 0 aliphatic carbocycles. The van der Waals surface area contributed by atoms with Crippen molar-refractivity contribution < 1.29 is 14.4 Å². The van der Waals surface area contributed by atoms with E-state index in [0.717, 1.165) is 5.56 Å². The first-order valence-corrected chi connectivity index (χ1v) is 7.65. The van der Waals surface area contributed by atoms with E-state index < -0.39 is 0 Å². The highest BCUT2D eigenvalue weighted by molar-refractivity contribution is 5.84. The average Bonchev–Trinajstić information content (AvgIpc) is 2.53. The number of rotatable bonds is 5. The second-order valence-corrected chi connectivity index (χ2v) is 5.63. The lowest BCUT2D eigenvalue weighted by atomic mass is 10.1. The van der Waals surface area contributed by atoms with Crippen molar-refractivity contribution in [2.45, 2.75) is 26.2 Å². The Hall–Kier alpha value is -2.17. The van der Waals surface area contributed by atoms with Crippen LogP contribution >= 0.6 is 0 Å². The molecule has 118 valence electrons. The van der Waals surface area contributed by atoms with E-state index in [4.69, 9.17) is 0 Å². The molecule has 1 saturated heterocycles. The molecule has 5 nitrogen and oxygen atoms in total. The fourth-order valence-electron chi connectivity index (χ4n) is 2.53. The fourth-order valence-corrected chi connectivity index (χ4v) is 2.53. The molecule has 1 fully saturated rings. The molecule has 2 amide bonds. The van der Waals surface area contributed by atoms with Crippen LogP contribution < -0.4 is 0 Å². The predicted molar refractivity (Wildman–Crippen MR) is 83.2 cm³/mol. The first-order valence-electron chi connectivity index (χ1n) is 7.65. The van der Waals surface area contributed by atoms with Crippen LogP contribution in [-0.4, -0.2) is 53.6 Å². The molecule has 0 saturated carbocycles. The summed E-state index contributed by atoms with van der Waals surface area (Å²) in [7, 11) is 0. The van der Waals surface area contributed by atoms with Gasteiger partial charge < -0.3 is 14.6 Å². The molecule has 1 aromatic carbocycles. The number of nitrogens with zero attached hydrogens (tertiary/aromatic N) is 2. The zero-order chi connectivity index (χ0) is 15.9. The van der Waals surface area contributed by atoms with Gasteiger partial charge >= 0.3 is 0 Å². The van der Waals surface area contributed by atoms with Gasteiger partial charge in [-0.1, -0.05) is 30.3 Å². The standard InChI is InChI=1S/C17H22N2O3/c1-14(20)7-8-16(21)18-9-11-19(12-10-18)17(22)13-15-5-3-2-4-6-15/h2-6H,7-13H2,1H3. The Morgan fingerprint density at radius 3 is 1.95 bits per heavy atom. The Morgan fingerprint density at radius 2 is 1.41 bits per heavy atom. The van der Waals surface area contributed by atoms with Crippen LogP contribution in [0.4, 0.5) is 0 Å². The van der Waals surface area contributed by atoms with Gasteiger partial charge in [0.2, 0.25) is 11.8 Å².